The van der Waals surface area contributed by atoms with Gasteiger partial charge in [-0.15, -0.1) is 0 Å². The third-order valence-electron chi connectivity index (χ3n) is 9.35. The molecule has 9 heteroatoms. The summed E-state index contributed by atoms with van der Waals surface area (Å²) >= 11 is 0. The number of rotatable bonds is 18. The number of nitrogens with one attached hydrogen (secondary N) is 1. The summed E-state index contributed by atoms with van der Waals surface area (Å²) in [7, 11) is 3.30. The maximum Gasteiger partial charge on any atom is 0.330 e. The van der Waals surface area contributed by atoms with Gasteiger partial charge in [0.2, 0.25) is 0 Å². The molecule has 0 spiro atoms. The van der Waals surface area contributed by atoms with E-state index in [4.69, 9.17) is 23.7 Å². The molecule has 3 atom stereocenters. The van der Waals surface area contributed by atoms with Crippen LogP contribution in [0, 0.1) is 6.92 Å². The van der Waals surface area contributed by atoms with Gasteiger partial charge in [0.1, 0.15) is 29.4 Å². The minimum atomic E-state index is -1.03. The number of benzene rings is 3. The second-order valence-electron chi connectivity index (χ2n) is 12.7. The fourth-order valence-corrected chi connectivity index (χ4v) is 6.57. The van der Waals surface area contributed by atoms with Crippen LogP contribution >= 0.6 is 0 Å². The first kappa shape index (κ1) is 36.1. The van der Waals surface area contributed by atoms with Crippen LogP contribution in [0.1, 0.15) is 86.8 Å². The zero-order valence-electron chi connectivity index (χ0n) is 29.2. The molecular formula is C40H50N2O7. The average molecular weight is 671 g/mol. The van der Waals surface area contributed by atoms with Crippen LogP contribution < -0.4 is 20.7 Å². The number of ether oxygens (including phenoxy) is 5. The van der Waals surface area contributed by atoms with Gasteiger partial charge in [0.05, 0.1) is 26.9 Å². The normalized spacial score (nSPS) is 17.7. The SMILES string of the molecule is CCCCCCCCCO[C@@H]1C[C@H](n2cc(C)c(=O)[nH]c2=O)O[C@@H]1COC(c1ccccc1)(c1ccc(OC)cc1)c1ccc(OC)cc1. The van der Waals surface area contributed by atoms with E-state index in [1.807, 2.05) is 66.7 Å². The van der Waals surface area contributed by atoms with E-state index in [9.17, 15) is 9.59 Å². The molecule has 4 aromatic rings. The standard InChI is InChI=1S/C40H50N2O7/c1-5-6-7-8-9-10-14-25-47-35-26-37(42-27-29(2)38(43)41-39(42)44)49-36(35)28-48-40(30-15-12-11-13-16-30,31-17-21-33(45-3)22-18-31)32-19-23-34(46-4)24-20-32/h11-13,15-24,27,35-37H,5-10,14,25-26,28H2,1-4H3,(H,41,43,44)/t35-,36-,37-/m1/s1. The van der Waals surface area contributed by atoms with E-state index in [1.54, 1.807) is 27.3 Å². The molecule has 9 nitrogen and oxygen atoms in total. The minimum Gasteiger partial charge on any atom is -0.497 e. The summed E-state index contributed by atoms with van der Waals surface area (Å²) < 4.78 is 32.7. The van der Waals surface area contributed by atoms with E-state index in [0.29, 0.717) is 18.6 Å². The predicted octanol–water partition coefficient (Wildman–Crippen LogP) is 7.29. The molecule has 1 N–H and O–H groups in total. The predicted molar refractivity (Wildman–Crippen MR) is 191 cm³/mol. The van der Waals surface area contributed by atoms with Crippen LogP contribution in [0.25, 0.3) is 0 Å². The summed E-state index contributed by atoms with van der Waals surface area (Å²) in [6, 6.07) is 25.9. The molecule has 0 saturated carbocycles. The van der Waals surface area contributed by atoms with Crippen molar-refractivity contribution in [1.82, 2.24) is 9.55 Å². The van der Waals surface area contributed by atoms with Gasteiger partial charge in [-0.25, -0.2) is 4.79 Å². The zero-order chi connectivity index (χ0) is 34.6. The number of nitrogens with zero attached hydrogens (tertiary/aromatic N) is 1. The molecular weight excluding hydrogens is 620 g/mol. The molecule has 5 rings (SSSR count). The maximum absolute atomic E-state index is 12.9. The summed E-state index contributed by atoms with van der Waals surface area (Å²) in [5, 5.41) is 0. The Kier molecular flexibility index (Phi) is 12.9. The second-order valence-corrected chi connectivity index (χ2v) is 12.7. The summed E-state index contributed by atoms with van der Waals surface area (Å²) in [4.78, 5) is 27.5. The molecule has 2 heterocycles. The Morgan fingerprint density at radius 3 is 1.96 bits per heavy atom. The molecule has 0 amide bonds. The zero-order valence-corrected chi connectivity index (χ0v) is 29.2. The Balaban J connectivity index is 1.46. The van der Waals surface area contributed by atoms with Gasteiger partial charge in [-0.2, -0.15) is 0 Å². The first-order valence-corrected chi connectivity index (χ1v) is 17.5. The topological polar surface area (TPSA) is 101 Å². The minimum absolute atomic E-state index is 0.169. The van der Waals surface area contributed by atoms with Crippen molar-refractivity contribution in [3.8, 4) is 11.5 Å². The molecule has 0 radical (unpaired) electrons. The van der Waals surface area contributed by atoms with Crippen LogP contribution in [-0.4, -0.2) is 49.2 Å². The van der Waals surface area contributed by atoms with Crippen molar-refractivity contribution in [2.24, 2.45) is 0 Å². The van der Waals surface area contributed by atoms with Crippen LogP contribution in [0.5, 0.6) is 11.5 Å². The first-order chi connectivity index (χ1) is 23.9. The number of hydrogen-bond acceptors (Lipinski definition) is 7. The largest absolute Gasteiger partial charge is 0.497 e. The Morgan fingerprint density at radius 2 is 1.37 bits per heavy atom. The molecule has 0 unspecified atom stereocenters. The number of hydrogen-bond donors (Lipinski definition) is 1. The highest BCUT2D eigenvalue weighted by atomic mass is 16.6. The van der Waals surface area contributed by atoms with E-state index in [1.165, 1.54) is 36.7 Å². The van der Waals surface area contributed by atoms with Gasteiger partial charge >= 0.3 is 5.69 Å². The van der Waals surface area contributed by atoms with Crippen LogP contribution in [0.2, 0.25) is 0 Å². The van der Waals surface area contributed by atoms with Crippen molar-refractivity contribution in [3.63, 3.8) is 0 Å². The Bertz CT molecular complexity index is 1650. The molecule has 1 aromatic heterocycles. The third kappa shape index (κ3) is 8.71. The Labute approximate surface area is 289 Å². The number of unbranched alkanes of at least 4 members (excludes halogenated alkanes) is 6. The van der Waals surface area contributed by atoms with Crippen molar-refractivity contribution in [1.29, 1.82) is 0 Å². The summed E-state index contributed by atoms with van der Waals surface area (Å²) in [6.07, 6.45) is 8.83. The number of aryl methyl sites for hydroxylation is 1. The maximum atomic E-state index is 12.9. The highest BCUT2D eigenvalue weighted by molar-refractivity contribution is 5.49. The Hall–Kier alpha value is -4.18. The molecule has 3 aromatic carbocycles. The molecule has 1 aliphatic rings. The lowest BCUT2D eigenvalue weighted by Gasteiger charge is -2.37. The van der Waals surface area contributed by atoms with Gasteiger partial charge in [-0.1, -0.05) is 100 Å². The van der Waals surface area contributed by atoms with E-state index >= 15 is 0 Å². The van der Waals surface area contributed by atoms with E-state index < -0.39 is 29.2 Å². The van der Waals surface area contributed by atoms with Crippen LogP contribution in [0.3, 0.4) is 0 Å². The lowest BCUT2D eigenvalue weighted by molar-refractivity contribution is -0.104. The fraction of sp³-hybridized carbons (Fsp3) is 0.450. The van der Waals surface area contributed by atoms with Crippen LogP contribution in [0.15, 0.2) is 94.6 Å². The Morgan fingerprint density at radius 1 is 0.796 bits per heavy atom. The van der Waals surface area contributed by atoms with Gasteiger partial charge in [0.15, 0.2) is 0 Å². The van der Waals surface area contributed by atoms with Crippen LogP contribution in [-0.2, 0) is 19.8 Å². The smallest absolute Gasteiger partial charge is 0.330 e. The molecule has 1 fully saturated rings. The molecule has 0 aliphatic carbocycles. The third-order valence-corrected chi connectivity index (χ3v) is 9.35. The van der Waals surface area contributed by atoms with Crippen LogP contribution in [0.4, 0.5) is 0 Å². The van der Waals surface area contributed by atoms with E-state index in [-0.39, 0.29) is 12.7 Å². The summed E-state index contributed by atoms with van der Waals surface area (Å²) in [5.41, 5.74) is 1.24. The lowest BCUT2D eigenvalue weighted by Crippen LogP contribution is -2.38. The molecule has 262 valence electrons. The molecule has 0 bridgehead atoms. The van der Waals surface area contributed by atoms with E-state index in [0.717, 1.165) is 41.0 Å². The monoisotopic (exact) mass is 670 g/mol. The second kappa shape index (κ2) is 17.5. The number of methoxy groups -OCH3 is 2. The van der Waals surface area contributed by atoms with Crippen molar-refractivity contribution in [2.75, 3.05) is 27.4 Å². The highest BCUT2D eigenvalue weighted by Gasteiger charge is 2.43. The van der Waals surface area contributed by atoms with E-state index in [2.05, 4.69) is 24.0 Å². The number of aromatic nitrogens is 2. The van der Waals surface area contributed by atoms with Crippen molar-refractivity contribution in [2.45, 2.75) is 89.3 Å². The molecule has 49 heavy (non-hydrogen) atoms. The number of aromatic amines is 1. The quantitative estimate of drug-likeness (QED) is 0.0876. The van der Waals surface area contributed by atoms with Crippen molar-refractivity contribution >= 4 is 0 Å². The number of H-pyrrole nitrogens is 1. The van der Waals surface area contributed by atoms with Gasteiger partial charge in [0, 0.05) is 24.8 Å². The molecule has 1 aliphatic heterocycles. The van der Waals surface area contributed by atoms with Gasteiger partial charge < -0.3 is 23.7 Å². The summed E-state index contributed by atoms with van der Waals surface area (Å²) in [6.45, 7) is 4.66. The van der Waals surface area contributed by atoms with Gasteiger partial charge in [0.25, 0.3) is 5.56 Å². The van der Waals surface area contributed by atoms with Crippen molar-refractivity contribution in [3.05, 3.63) is 128 Å². The lowest BCUT2D eigenvalue weighted by atomic mass is 9.80. The average Bonchev–Trinajstić information content (AvgIpc) is 3.54. The molecule has 1 saturated heterocycles. The summed E-state index contributed by atoms with van der Waals surface area (Å²) in [5.74, 6) is 1.48. The first-order valence-electron chi connectivity index (χ1n) is 17.5. The highest BCUT2D eigenvalue weighted by Crippen LogP contribution is 2.43. The van der Waals surface area contributed by atoms with Crippen molar-refractivity contribution < 1.29 is 23.7 Å². The van der Waals surface area contributed by atoms with Gasteiger partial charge in [-0.3, -0.25) is 14.3 Å². The van der Waals surface area contributed by atoms with Gasteiger partial charge in [-0.05, 0) is 54.3 Å². The fourth-order valence-electron chi connectivity index (χ4n) is 6.57.